The standard InChI is InChI=1S/C14H21ClFNO2/c1-9-10(2-3-12(15)14(9)16)8-13(18)17-11-4-6-19-7-5-11/h10-12,14H,1-8H2,(H,17,18). The summed E-state index contributed by atoms with van der Waals surface area (Å²) in [6.45, 7) is 5.16. The first-order chi connectivity index (χ1) is 9.08. The molecule has 2 fully saturated rings. The van der Waals surface area contributed by atoms with E-state index in [4.69, 9.17) is 16.3 Å². The number of halogens is 2. The minimum atomic E-state index is -1.18. The van der Waals surface area contributed by atoms with Gasteiger partial charge in [-0.05, 0) is 37.2 Å². The summed E-state index contributed by atoms with van der Waals surface area (Å²) >= 11 is 5.87. The summed E-state index contributed by atoms with van der Waals surface area (Å²) in [5.74, 6) is -0.0943. The minimum absolute atomic E-state index is 0.0155. The van der Waals surface area contributed by atoms with E-state index in [-0.39, 0.29) is 17.9 Å². The number of carbonyl (C=O) groups excluding carboxylic acids is 1. The minimum Gasteiger partial charge on any atom is -0.381 e. The van der Waals surface area contributed by atoms with Crippen LogP contribution in [0.5, 0.6) is 0 Å². The van der Waals surface area contributed by atoms with Gasteiger partial charge in [0.15, 0.2) is 0 Å². The summed E-state index contributed by atoms with van der Waals surface area (Å²) in [6, 6.07) is 0.194. The topological polar surface area (TPSA) is 38.3 Å². The van der Waals surface area contributed by atoms with Crippen molar-refractivity contribution in [1.29, 1.82) is 0 Å². The van der Waals surface area contributed by atoms with Crippen LogP contribution in [-0.4, -0.2) is 36.7 Å². The van der Waals surface area contributed by atoms with Crippen LogP contribution in [0.4, 0.5) is 4.39 Å². The maximum Gasteiger partial charge on any atom is 0.220 e. The van der Waals surface area contributed by atoms with Crippen molar-refractivity contribution < 1.29 is 13.9 Å². The average molecular weight is 290 g/mol. The zero-order valence-corrected chi connectivity index (χ0v) is 11.8. The molecule has 1 saturated carbocycles. The van der Waals surface area contributed by atoms with E-state index in [1.807, 2.05) is 0 Å². The van der Waals surface area contributed by atoms with Crippen molar-refractivity contribution >= 4 is 17.5 Å². The van der Waals surface area contributed by atoms with Crippen LogP contribution in [0.1, 0.15) is 32.1 Å². The van der Waals surface area contributed by atoms with E-state index in [0.717, 1.165) is 19.3 Å². The van der Waals surface area contributed by atoms with E-state index in [0.29, 0.717) is 31.6 Å². The Morgan fingerprint density at radius 1 is 1.37 bits per heavy atom. The molecule has 3 atom stereocenters. The lowest BCUT2D eigenvalue weighted by Crippen LogP contribution is -2.40. The van der Waals surface area contributed by atoms with E-state index in [1.165, 1.54) is 0 Å². The summed E-state index contributed by atoms with van der Waals surface area (Å²) in [6.07, 6.45) is 2.20. The molecule has 0 aromatic heterocycles. The summed E-state index contributed by atoms with van der Waals surface area (Å²) in [5, 5.41) is 2.51. The monoisotopic (exact) mass is 289 g/mol. The molecule has 0 aromatic rings. The van der Waals surface area contributed by atoms with Gasteiger partial charge >= 0.3 is 0 Å². The maximum atomic E-state index is 13.8. The molecule has 1 aliphatic carbocycles. The van der Waals surface area contributed by atoms with Crippen LogP contribution in [0.25, 0.3) is 0 Å². The molecule has 5 heteroatoms. The zero-order chi connectivity index (χ0) is 13.8. The fourth-order valence-electron chi connectivity index (χ4n) is 2.74. The number of carbonyl (C=O) groups is 1. The molecule has 2 rings (SSSR count). The lowest BCUT2D eigenvalue weighted by molar-refractivity contribution is -0.123. The molecule has 1 N–H and O–H groups in total. The summed E-state index contributed by atoms with van der Waals surface area (Å²) < 4.78 is 19.0. The number of amides is 1. The second-order valence-corrected chi connectivity index (χ2v) is 5.99. The Labute approximate surface area is 118 Å². The number of allylic oxidation sites excluding steroid dienone is 1. The molecule has 2 aliphatic rings. The molecule has 0 aromatic carbocycles. The van der Waals surface area contributed by atoms with Crippen molar-refractivity contribution in [3.8, 4) is 0 Å². The van der Waals surface area contributed by atoms with Gasteiger partial charge in [0.25, 0.3) is 0 Å². The zero-order valence-electron chi connectivity index (χ0n) is 11.0. The van der Waals surface area contributed by atoms with Gasteiger partial charge in [0, 0.05) is 25.7 Å². The number of hydrogen-bond donors (Lipinski definition) is 1. The molecule has 0 bridgehead atoms. The Hall–Kier alpha value is -0.610. The third kappa shape index (κ3) is 3.93. The molecule has 3 nitrogen and oxygen atoms in total. The number of nitrogens with one attached hydrogen (secondary N) is 1. The fourth-order valence-corrected chi connectivity index (χ4v) is 3.02. The summed E-state index contributed by atoms with van der Waals surface area (Å²) in [4.78, 5) is 12.0. The predicted molar refractivity (Wildman–Crippen MR) is 73.0 cm³/mol. The van der Waals surface area contributed by atoms with Gasteiger partial charge < -0.3 is 10.1 Å². The summed E-state index contributed by atoms with van der Waals surface area (Å²) in [5.41, 5.74) is 0.480. The van der Waals surface area contributed by atoms with Gasteiger partial charge in [0.2, 0.25) is 5.91 Å². The molecule has 1 saturated heterocycles. The van der Waals surface area contributed by atoms with Gasteiger partial charge in [-0.3, -0.25) is 4.79 Å². The van der Waals surface area contributed by atoms with Crippen LogP contribution in [0.15, 0.2) is 12.2 Å². The number of hydrogen-bond acceptors (Lipinski definition) is 2. The van der Waals surface area contributed by atoms with Crippen molar-refractivity contribution in [2.45, 2.75) is 49.7 Å². The lowest BCUT2D eigenvalue weighted by atomic mass is 9.81. The molecular weight excluding hydrogens is 269 g/mol. The average Bonchev–Trinajstić information content (AvgIpc) is 2.41. The molecule has 1 amide bonds. The molecule has 0 spiro atoms. The molecule has 1 heterocycles. The van der Waals surface area contributed by atoms with Gasteiger partial charge in [0.05, 0.1) is 5.38 Å². The van der Waals surface area contributed by atoms with Crippen LogP contribution in [0.3, 0.4) is 0 Å². The smallest absolute Gasteiger partial charge is 0.220 e. The van der Waals surface area contributed by atoms with Gasteiger partial charge in [-0.1, -0.05) is 6.58 Å². The van der Waals surface area contributed by atoms with E-state index < -0.39 is 11.5 Å². The van der Waals surface area contributed by atoms with Gasteiger partial charge in [-0.15, -0.1) is 11.6 Å². The SMILES string of the molecule is C=C1C(CC(=O)NC2CCOCC2)CCC(Cl)C1F. The number of ether oxygens (including phenoxy) is 1. The van der Waals surface area contributed by atoms with Crippen LogP contribution in [0, 0.1) is 5.92 Å². The maximum absolute atomic E-state index is 13.8. The molecule has 0 radical (unpaired) electrons. The molecular formula is C14H21ClFNO2. The molecule has 108 valence electrons. The quantitative estimate of drug-likeness (QED) is 0.641. The highest BCUT2D eigenvalue weighted by Crippen LogP contribution is 2.35. The number of rotatable bonds is 3. The fraction of sp³-hybridized carbons (Fsp3) is 0.786. The van der Waals surface area contributed by atoms with E-state index in [9.17, 15) is 9.18 Å². The van der Waals surface area contributed by atoms with Crippen molar-refractivity contribution in [2.75, 3.05) is 13.2 Å². The third-order valence-corrected chi connectivity index (χ3v) is 4.44. The van der Waals surface area contributed by atoms with Crippen molar-refractivity contribution in [1.82, 2.24) is 5.32 Å². The van der Waals surface area contributed by atoms with E-state index in [2.05, 4.69) is 11.9 Å². The lowest BCUT2D eigenvalue weighted by Gasteiger charge is -2.31. The highest BCUT2D eigenvalue weighted by Gasteiger charge is 2.33. The molecule has 1 aliphatic heterocycles. The molecule has 19 heavy (non-hydrogen) atoms. The van der Waals surface area contributed by atoms with Crippen LogP contribution in [0.2, 0.25) is 0 Å². The Morgan fingerprint density at radius 3 is 2.74 bits per heavy atom. The normalized spacial score (nSPS) is 33.2. The third-order valence-electron chi connectivity index (χ3n) is 4.01. The molecule has 3 unspecified atom stereocenters. The Balaban J connectivity index is 1.80. The van der Waals surface area contributed by atoms with E-state index in [1.54, 1.807) is 0 Å². The van der Waals surface area contributed by atoms with Gasteiger partial charge in [-0.25, -0.2) is 4.39 Å². The second-order valence-electron chi connectivity index (χ2n) is 5.43. The van der Waals surface area contributed by atoms with Gasteiger partial charge in [-0.2, -0.15) is 0 Å². The Morgan fingerprint density at radius 2 is 2.05 bits per heavy atom. The van der Waals surface area contributed by atoms with Crippen molar-refractivity contribution in [2.24, 2.45) is 5.92 Å². The highest BCUT2D eigenvalue weighted by molar-refractivity contribution is 6.21. The first-order valence-corrected chi connectivity index (χ1v) is 7.35. The van der Waals surface area contributed by atoms with Crippen LogP contribution >= 0.6 is 11.6 Å². The van der Waals surface area contributed by atoms with Crippen LogP contribution in [-0.2, 0) is 9.53 Å². The second kappa shape index (κ2) is 6.71. The van der Waals surface area contributed by atoms with Gasteiger partial charge in [0.1, 0.15) is 6.17 Å². The van der Waals surface area contributed by atoms with Crippen LogP contribution < -0.4 is 5.32 Å². The Bertz CT molecular complexity index is 344. The van der Waals surface area contributed by atoms with Crippen molar-refractivity contribution in [3.63, 3.8) is 0 Å². The number of alkyl halides is 2. The Kier molecular flexibility index (Phi) is 5.22. The highest BCUT2D eigenvalue weighted by atomic mass is 35.5. The summed E-state index contributed by atoms with van der Waals surface area (Å²) in [7, 11) is 0. The van der Waals surface area contributed by atoms with E-state index >= 15 is 0 Å². The largest absolute Gasteiger partial charge is 0.381 e. The first kappa shape index (κ1) is 14.8. The first-order valence-electron chi connectivity index (χ1n) is 6.92. The predicted octanol–water partition coefficient (Wildman–Crippen LogP) is 2.58. The van der Waals surface area contributed by atoms with Crippen molar-refractivity contribution in [3.05, 3.63) is 12.2 Å².